The lowest BCUT2D eigenvalue weighted by Crippen LogP contribution is -2.30. The molecular weight excluding hydrogens is 272 g/mol. The van der Waals surface area contributed by atoms with Crippen molar-refractivity contribution in [3.05, 3.63) is 71.8 Å². The van der Waals surface area contributed by atoms with Crippen molar-refractivity contribution in [1.29, 1.82) is 0 Å². The van der Waals surface area contributed by atoms with Crippen LogP contribution in [0, 0.1) is 0 Å². The van der Waals surface area contributed by atoms with Gasteiger partial charge in [0.1, 0.15) is 0 Å². The van der Waals surface area contributed by atoms with Crippen LogP contribution >= 0.6 is 0 Å². The van der Waals surface area contributed by atoms with Gasteiger partial charge in [-0.15, -0.1) is 0 Å². The number of hydrogen-bond acceptors (Lipinski definition) is 2. The third kappa shape index (κ3) is 4.18. The highest BCUT2D eigenvalue weighted by molar-refractivity contribution is 5.76. The third-order valence-corrected chi connectivity index (χ3v) is 4.15. The quantitative estimate of drug-likeness (QED) is 0.883. The van der Waals surface area contributed by atoms with E-state index in [9.17, 15) is 4.79 Å². The van der Waals surface area contributed by atoms with Crippen molar-refractivity contribution in [1.82, 2.24) is 4.90 Å². The highest BCUT2D eigenvalue weighted by atomic mass is 16.2. The molecule has 2 aromatic rings. The third-order valence-electron chi connectivity index (χ3n) is 4.15. The Hall–Kier alpha value is -2.13. The molecule has 3 nitrogen and oxygen atoms in total. The van der Waals surface area contributed by atoms with Gasteiger partial charge in [-0.1, -0.05) is 60.7 Å². The number of carbonyl (C=O) groups is 1. The number of hydrogen-bond donors (Lipinski definition) is 1. The fraction of sp³-hybridized carbons (Fsp3) is 0.316. The lowest BCUT2D eigenvalue weighted by atomic mass is 10.0. The van der Waals surface area contributed by atoms with Gasteiger partial charge in [0.05, 0.1) is 6.04 Å². The lowest BCUT2D eigenvalue weighted by Gasteiger charge is -2.26. The van der Waals surface area contributed by atoms with Crippen LogP contribution in [-0.4, -0.2) is 17.9 Å². The maximum Gasteiger partial charge on any atom is 0.222 e. The number of rotatable bonds is 6. The monoisotopic (exact) mass is 296 g/mol. The molecule has 0 aliphatic rings. The molecular formula is C19H24N2O. The zero-order chi connectivity index (χ0) is 15.9. The van der Waals surface area contributed by atoms with Crippen molar-refractivity contribution >= 4 is 5.91 Å². The SMILES string of the molecule is C[C@@H](c1ccccc1)N(C)C(=O)CC[C@H](N)c1ccccc1. The summed E-state index contributed by atoms with van der Waals surface area (Å²) in [5.74, 6) is 0.128. The van der Waals surface area contributed by atoms with E-state index in [1.807, 2.05) is 74.6 Å². The molecule has 3 heteroatoms. The summed E-state index contributed by atoms with van der Waals surface area (Å²) in [6, 6.07) is 20.0. The van der Waals surface area contributed by atoms with Gasteiger partial charge in [0, 0.05) is 19.5 Å². The van der Waals surface area contributed by atoms with E-state index >= 15 is 0 Å². The summed E-state index contributed by atoms with van der Waals surface area (Å²) in [7, 11) is 1.86. The molecule has 2 aromatic carbocycles. The number of nitrogens with two attached hydrogens (primary N) is 1. The second kappa shape index (κ2) is 7.76. The number of nitrogens with zero attached hydrogens (tertiary/aromatic N) is 1. The van der Waals surface area contributed by atoms with Crippen molar-refractivity contribution in [3.63, 3.8) is 0 Å². The van der Waals surface area contributed by atoms with Gasteiger partial charge in [0.15, 0.2) is 0 Å². The molecule has 0 radical (unpaired) electrons. The molecule has 0 spiro atoms. The van der Waals surface area contributed by atoms with Crippen LogP contribution in [0.5, 0.6) is 0 Å². The standard InChI is InChI=1S/C19H24N2O/c1-15(16-9-5-3-6-10-16)21(2)19(22)14-13-18(20)17-11-7-4-8-12-17/h3-12,15,18H,13-14,20H2,1-2H3/t15-,18-/m0/s1. The van der Waals surface area contributed by atoms with E-state index in [-0.39, 0.29) is 18.0 Å². The second-order valence-corrected chi connectivity index (χ2v) is 5.65. The Kier molecular flexibility index (Phi) is 5.73. The molecule has 1 amide bonds. The minimum absolute atomic E-state index is 0.0710. The van der Waals surface area contributed by atoms with Crippen LogP contribution < -0.4 is 5.73 Å². The Morgan fingerprint density at radius 2 is 1.50 bits per heavy atom. The maximum absolute atomic E-state index is 12.4. The summed E-state index contributed by atoms with van der Waals surface area (Å²) in [5.41, 5.74) is 8.38. The molecule has 0 fully saturated rings. The first kappa shape index (κ1) is 16.2. The maximum atomic E-state index is 12.4. The summed E-state index contributed by atoms with van der Waals surface area (Å²) in [6.45, 7) is 2.05. The topological polar surface area (TPSA) is 46.3 Å². The van der Waals surface area contributed by atoms with Crippen LogP contribution in [0.3, 0.4) is 0 Å². The van der Waals surface area contributed by atoms with Crippen LogP contribution in [0.2, 0.25) is 0 Å². The Morgan fingerprint density at radius 3 is 2.05 bits per heavy atom. The number of carbonyl (C=O) groups excluding carboxylic acids is 1. The van der Waals surface area contributed by atoms with Gasteiger partial charge >= 0.3 is 0 Å². The van der Waals surface area contributed by atoms with Crippen molar-refractivity contribution in [3.8, 4) is 0 Å². The van der Waals surface area contributed by atoms with Gasteiger partial charge in [-0.3, -0.25) is 4.79 Å². The molecule has 116 valence electrons. The molecule has 0 saturated heterocycles. The Balaban J connectivity index is 1.89. The van der Waals surface area contributed by atoms with E-state index in [1.54, 1.807) is 4.90 Å². The normalized spacial score (nSPS) is 13.4. The van der Waals surface area contributed by atoms with Gasteiger partial charge in [0.25, 0.3) is 0 Å². The molecule has 0 saturated carbocycles. The zero-order valence-corrected chi connectivity index (χ0v) is 13.3. The Morgan fingerprint density at radius 1 is 1.00 bits per heavy atom. The fourth-order valence-corrected chi connectivity index (χ4v) is 2.49. The Bertz CT molecular complexity index is 583. The first-order chi connectivity index (χ1) is 10.6. The minimum atomic E-state index is -0.0921. The first-order valence-electron chi connectivity index (χ1n) is 7.70. The molecule has 22 heavy (non-hydrogen) atoms. The molecule has 2 atom stereocenters. The molecule has 0 aliphatic carbocycles. The minimum Gasteiger partial charge on any atom is -0.339 e. The van der Waals surface area contributed by atoms with Crippen LogP contribution in [0.25, 0.3) is 0 Å². The van der Waals surface area contributed by atoms with Gasteiger partial charge in [-0.2, -0.15) is 0 Å². The van der Waals surface area contributed by atoms with E-state index in [0.29, 0.717) is 12.8 Å². The average Bonchev–Trinajstić information content (AvgIpc) is 2.59. The van der Waals surface area contributed by atoms with Crippen LogP contribution in [-0.2, 0) is 4.79 Å². The van der Waals surface area contributed by atoms with Crippen LogP contribution in [0.15, 0.2) is 60.7 Å². The number of amides is 1. The number of benzene rings is 2. The van der Waals surface area contributed by atoms with E-state index in [2.05, 4.69) is 0 Å². The molecule has 0 heterocycles. The molecule has 0 unspecified atom stereocenters. The van der Waals surface area contributed by atoms with Crippen LogP contribution in [0.4, 0.5) is 0 Å². The molecule has 0 aromatic heterocycles. The zero-order valence-electron chi connectivity index (χ0n) is 13.3. The molecule has 2 N–H and O–H groups in total. The van der Waals surface area contributed by atoms with E-state index < -0.39 is 0 Å². The Labute approximate surface area is 132 Å². The summed E-state index contributed by atoms with van der Waals surface area (Å²) in [5, 5.41) is 0. The van der Waals surface area contributed by atoms with Crippen molar-refractivity contribution in [2.75, 3.05) is 7.05 Å². The van der Waals surface area contributed by atoms with Gasteiger partial charge in [-0.25, -0.2) is 0 Å². The summed E-state index contributed by atoms with van der Waals surface area (Å²) in [6.07, 6.45) is 1.12. The largest absolute Gasteiger partial charge is 0.339 e. The highest BCUT2D eigenvalue weighted by Crippen LogP contribution is 2.21. The van der Waals surface area contributed by atoms with Gasteiger partial charge < -0.3 is 10.6 Å². The van der Waals surface area contributed by atoms with E-state index in [4.69, 9.17) is 5.73 Å². The first-order valence-corrected chi connectivity index (χ1v) is 7.70. The lowest BCUT2D eigenvalue weighted by molar-refractivity contribution is -0.132. The fourth-order valence-electron chi connectivity index (χ4n) is 2.49. The van der Waals surface area contributed by atoms with Crippen LogP contribution in [0.1, 0.15) is 43.0 Å². The average molecular weight is 296 g/mol. The second-order valence-electron chi connectivity index (χ2n) is 5.65. The van der Waals surface area contributed by atoms with E-state index in [0.717, 1.165) is 11.1 Å². The predicted octanol–water partition coefficient (Wildman–Crippen LogP) is 3.69. The summed E-state index contributed by atoms with van der Waals surface area (Å²) >= 11 is 0. The molecule has 0 bridgehead atoms. The van der Waals surface area contributed by atoms with Crippen molar-refractivity contribution < 1.29 is 4.79 Å². The summed E-state index contributed by atoms with van der Waals surface area (Å²) in [4.78, 5) is 14.2. The molecule has 0 aliphatic heterocycles. The predicted molar refractivity (Wildman–Crippen MR) is 90.2 cm³/mol. The van der Waals surface area contributed by atoms with E-state index in [1.165, 1.54) is 0 Å². The smallest absolute Gasteiger partial charge is 0.222 e. The highest BCUT2D eigenvalue weighted by Gasteiger charge is 2.18. The summed E-state index contributed by atoms with van der Waals surface area (Å²) < 4.78 is 0. The van der Waals surface area contributed by atoms with Gasteiger partial charge in [0.2, 0.25) is 5.91 Å². The van der Waals surface area contributed by atoms with Crippen molar-refractivity contribution in [2.24, 2.45) is 5.73 Å². The van der Waals surface area contributed by atoms with Crippen molar-refractivity contribution in [2.45, 2.75) is 31.8 Å². The molecule has 2 rings (SSSR count). The van der Waals surface area contributed by atoms with Gasteiger partial charge in [-0.05, 0) is 24.5 Å².